The lowest BCUT2D eigenvalue weighted by Gasteiger charge is -2.08. The summed E-state index contributed by atoms with van der Waals surface area (Å²) in [5.74, 6) is 2.03. The molecule has 1 aromatic rings. The number of hydrogen-bond acceptors (Lipinski definition) is 3. The highest BCUT2D eigenvalue weighted by Crippen LogP contribution is 2.39. The SMILES string of the molecule is CC(Cl)C(C)c1nc(C2CC2)ns1. The lowest BCUT2D eigenvalue weighted by molar-refractivity contribution is 0.729. The van der Waals surface area contributed by atoms with Gasteiger partial charge < -0.3 is 0 Å². The van der Waals surface area contributed by atoms with E-state index in [1.165, 1.54) is 24.4 Å². The van der Waals surface area contributed by atoms with Gasteiger partial charge in [0.2, 0.25) is 0 Å². The second-order valence-corrected chi connectivity index (χ2v) is 5.20. The summed E-state index contributed by atoms with van der Waals surface area (Å²) in [4.78, 5) is 4.52. The third-order valence-corrected chi connectivity index (χ3v) is 3.78. The molecule has 0 bridgehead atoms. The van der Waals surface area contributed by atoms with Crippen LogP contribution in [0, 0.1) is 0 Å². The van der Waals surface area contributed by atoms with Crippen molar-refractivity contribution < 1.29 is 0 Å². The van der Waals surface area contributed by atoms with Crippen molar-refractivity contribution in [2.24, 2.45) is 0 Å². The van der Waals surface area contributed by atoms with Gasteiger partial charge in [-0.15, -0.1) is 11.6 Å². The van der Waals surface area contributed by atoms with Crippen molar-refractivity contribution in [1.82, 2.24) is 9.36 Å². The van der Waals surface area contributed by atoms with Crippen LogP contribution < -0.4 is 0 Å². The summed E-state index contributed by atoms with van der Waals surface area (Å²) in [5, 5.41) is 1.23. The van der Waals surface area contributed by atoms with Gasteiger partial charge in [0, 0.05) is 17.2 Å². The van der Waals surface area contributed by atoms with Crippen LogP contribution in [0.5, 0.6) is 0 Å². The van der Waals surface area contributed by atoms with E-state index in [0.717, 1.165) is 10.8 Å². The van der Waals surface area contributed by atoms with E-state index in [2.05, 4.69) is 16.3 Å². The maximum atomic E-state index is 6.01. The van der Waals surface area contributed by atoms with Crippen LogP contribution in [0.1, 0.15) is 49.4 Å². The van der Waals surface area contributed by atoms with Crippen LogP contribution in [0.3, 0.4) is 0 Å². The number of rotatable bonds is 3. The molecule has 2 unspecified atom stereocenters. The monoisotopic (exact) mass is 216 g/mol. The first-order valence-electron chi connectivity index (χ1n) is 4.66. The first kappa shape index (κ1) is 9.41. The maximum Gasteiger partial charge on any atom is 0.145 e. The summed E-state index contributed by atoms with van der Waals surface area (Å²) >= 11 is 7.51. The molecule has 0 radical (unpaired) electrons. The largest absolute Gasteiger partial charge is 0.224 e. The number of aromatic nitrogens is 2. The standard InChI is InChI=1S/C9H13ClN2S/c1-5(6(2)10)9-11-8(12-13-9)7-3-4-7/h5-7H,3-4H2,1-2H3. The highest BCUT2D eigenvalue weighted by atomic mass is 35.5. The summed E-state index contributed by atoms with van der Waals surface area (Å²) in [6.45, 7) is 4.11. The average Bonchev–Trinajstić information content (AvgIpc) is 2.83. The fourth-order valence-electron chi connectivity index (χ4n) is 1.14. The summed E-state index contributed by atoms with van der Waals surface area (Å²) in [6.07, 6.45) is 2.53. The molecule has 2 atom stereocenters. The minimum absolute atomic E-state index is 0.139. The van der Waals surface area contributed by atoms with E-state index < -0.39 is 0 Å². The molecule has 2 rings (SSSR count). The second kappa shape index (κ2) is 3.54. The first-order valence-corrected chi connectivity index (χ1v) is 5.87. The Bertz CT molecular complexity index is 294. The highest BCUT2D eigenvalue weighted by molar-refractivity contribution is 7.05. The van der Waals surface area contributed by atoms with E-state index in [4.69, 9.17) is 11.6 Å². The van der Waals surface area contributed by atoms with Crippen LogP contribution in [0.4, 0.5) is 0 Å². The third kappa shape index (κ3) is 2.02. The van der Waals surface area contributed by atoms with Gasteiger partial charge in [0.25, 0.3) is 0 Å². The molecule has 0 saturated heterocycles. The fourth-order valence-corrected chi connectivity index (χ4v) is 2.21. The number of alkyl halides is 1. The summed E-state index contributed by atoms with van der Waals surface area (Å²) < 4.78 is 4.35. The molecule has 0 N–H and O–H groups in total. The third-order valence-electron chi connectivity index (χ3n) is 2.48. The lowest BCUT2D eigenvalue weighted by atomic mass is 10.1. The van der Waals surface area contributed by atoms with Crippen molar-refractivity contribution in [2.75, 3.05) is 0 Å². The normalized spacial score (nSPS) is 21.5. The molecule has 1 saturated carbocycles. The average molecular weight is 217 g/mol. The quantitative estimate of drug-likeness (QED) is 0.726. The van der Waals surface area contributed by atoms with Gasteiger partial charge in [-0.1, -0.05) is 6.92 Å². The van der Waals surface area contributed by atoms with Crippen LogP contribution in [0.2, 0.25) is 0 Å². The van der Waals surface area contributed by atoms with E-state index in [1.54, 1.807) is 0 Å². The second-order valence-electron chi connectivity index (χ2n) is 3.73. The van der Waals surface area contributed by atoms with Gasteiger partial charge in [-0.25, -0.2) is 4.98 Å². The molecule has 4 heteroatoms. The molecule has 0 aliphatic heterocycles. The molecular weight excluding hydrogens is 204 g/mol. The van der Waals surface area contributed by atoms with Crippen LogP contribution in [0.15, 0.2) is 0 Å². The van der Waals surface area contributed by atoms with Gasteiger partial charge in [0.1, 0.15) is 10.8 Å². The molecular formula is C9H13ClN2S. The number of hydrogen-bond donors (Lipinski definition) is 0. The van der Waals surface area contributed by atoms with Crippen molar-refractivity contribution in [1.29, 1.82) is 0 Å². The highest BCUT2D eigenvalue weighted by Gasteiger charge is 2.28. The Morgan fingerprint density at radius 2 is 2.15 bits per heavy atom. The molecule has 1 aliphatic carbocycles. The zero-order valence-electron chi connectivity index (χ0n) is 7.83. The van der Waals surface area contributed by atoms with Crippen molar-refractivity contribution in [2.45, 2.75) is 43.9 Å². The van der Waals surface area contributed by atoms with Crippen LogP contribution in [0.25, 0.3) is 0 Å². The maximum absolute atomic E-state index is 6.01. The van der Waals surface area contributed by atoms with Crippen molar-refractivity contribution >= 4 is 23.1 Å². The Balaban J connectivity index is 2.11. The molecule has 72 valence electrons. The van der Waals surface area contributed by atoms with E-state index in [-0.39, 0.29) is 5.38 Å². The summed E-state index contributed by atoms with van der Waals surface area (Å²) in [7, 11) is 0. The van der Waals surface area contributed by atoms with Crippen LogP contribution in [-0.2, 0) is 0 Å². The Hall–Kier alpha value is -0.150. The Kier molecular flexibility index (Phi) is 2.56. The van der Waals surface area contributed by atoms with E-state index >= 15 is 0 Å². The summed E-state index contributed by atoms with van der Waals surface area (Å²) in [5.41, 5.74) is 0. The molecule has 13 heavy (non-hydrogen) atoms. The minimum Gasteiger partial charge on any atom is -0.224 e. The molecule has 0 aromatic carbocycles. The lowest BCUT2D eigenvalue weighted by Crippen LogP contribution is -2.04. The minimum atomic E-state index is 0.139. The molecule has 0 amide bonds. The van der Waals surface area contributed by atoms with Crippen molar-refractivity contribution in [3.63, 3.8) is 0 Å². The predicted molar refractivity (Wildman–Crippen MR) is 55.6 cm³/mol. The zero-order chi connectivity index (χ0) is 9.42. The van der Waals surface area contributed by atoms with Gasteiger partial charge >= 0.3 is 0 Å². The van der Waals surface area contributed by atoms with E-state index in [1.807, 2.05) is 6.92 Å². The topological polar surface area (TPSA) is 25.8 Å². The number of nitrogens with zero attached hydrogens (tertiary/aromatic N) is 2. The van der Waals surface area contributed by atoms with Crippen molar-refractivity contribution in [3.05, 3.63) is 10.8 Å². The fraction of sp³-hybridized carbons (Fsp3) is 0.778. The van der Waals surface area contributed by atoms with Gasteiger partial charge in [-0.2, -0.15) is 4.37 Å². The van der Waals surface area contributed by atoms with Crippen molar-refractivity contribution in [3.8, 4) is 0 Å². The molecule has 1 heterocycles. The van der Waals surface area contributed by atoms with Gasteiger partial charge in [0.05, 0.1) is 0 Å². The van der Waals surface area contributed by atoms with Crippen LogP contribution in [-0.4, -0.2) is 14.7 Å². The Labute approximate surface area is 87.5 Å². The van der Waals surface area contributed by atoms with E-state index in [0.29, 0.717) is 11.8 Å². The molecule has 1 aromatic heterocycles. The predicted octanol–water partition coefficient (Wildman–Crippen LogP) is 3.15. The van der Waals surface area contributed by atoms with Crippen LogP contribution >= 0.6 is 23.1 Å². The van der Waals surface area contributed by atoms with Gasteiger partial charge in [0.15, 0.2) is 0 Å². The Morgan fingerprint density at radius 1 is 1.46 bits per heavy atom. The molecule has 2 nitrogen and oxygen atoms in total. The smallest absolute Gasteiger partial charge is 0.145 e. The zero-order valence-corrected chi connectivity index (χ0v) is 9.40. The molecule has 1 aliphatic rings. The van der Waals surface area contributed by atoms with E-state index in [9.17, 15) is 0 Å². The number of halogens is 1. The Morgan fingerprint density at radius 3 is 2.69 bits per heavy atom. The van der Waals surface area contributed by atoms with Gasteiger partial charge in [-0.05, 0) is 31.3 Å². The molecule has 0 spiro atoms. The van der Waals surface area contributed by atoms with Gasteiger partial charge in [-0.3, -0.25) is 0 Å². The first-order chi connectivity index (χ1) is 6.18. The summed E-state index contributed by atoms with van der Waals surface area (Å²) in [6, 6.07) is 0. The molecule has 1 fully saturated rings.